The summed E-state index contributed by atoms with van der Waals surface area (Å²) in [6, 6.07) is 22.2. The van der Waals surface area contributed by atoms with Gasteiger partial charge in [0.2, 0.25) is 11.8 Å². The van der Waals surface area contributed by atoms with Crippen molar-refractivity contribution in [3.63, 3.8) is 0 Å². The van der Waals surface area contributed by atoms with Gasteiger partial charge in [-0.1, -0.05) is 48.0 Å². The molecule has 0 aliphatic carbocycles. The highest BCUT2D eigenvalue weighted by atomic mass is 35.5. The minimum Gasteiger partial charge on any atom is -0.349 e. The van der Waals surface area contributed by atoms with Gasteiger partial charge < -0.3 is 10.6 Å². The summed E-state index contributed by atoms with van der Waals surface area (Å²) in [5, 5.41) is 7.27. The molecule has 31 heavy (non-hydrogen) atoms. The molecule has 5 nitrogen and oxygen atoms in total. The molecule has 0 saturated heterocycles. The average Bonchev–Trinajstić information content (AvgIpc) is 3.18. The predicted molar refractivity (Wildman–Crippen MR) is 126 cm³/mol. The van der Waals surface area contributed by atoms with Crippen LogP contribution >= 0.6 is 22.9 Å². The smallest absolute Gasteiger partial charge is 0.226 e. The summed E-state index contributed by atoms with van der Waals surface area (Å²) in [7, 11) is 0. The normalized spacial score (nSPS) is 11.8. The number of anilines is 1. The summed E-state index contributed by atoms with van der Waals surface area (Å²) in [5.74, 6) is -0.412. The maximum atomic E-state index is 12.9. The molecular weight excluding hydrogens is 430 g/mol. The Morgan fingerprint density at radius 1 is 1.00 bits per heavy atom. The highest BCUT2D eigenvalue weighted by Gasteiger charge is 2.19. The minimum atomic E-state index is -0.454. The lowest BCUT2D eigenvalue weighted by Crippen LogP contribution is -2.29. The van der Waals surface area contributed by atoms with E-state index in [0.29, 0.717) is 10.7 Å². The molecule has 1 unspecified atom stereocenters. The second-order valence-electron chi connectivity index (χ2n) is 7.09. The summed E-state index contributed by atoms with van der Waals surface area (Å²) >= 11 is 7.55. The Bertz CT molecular complexity index is 1200. The number of hydrogen-bond acceptors (Lipinski definition) is 4. The van der Waals surface area contributed by atoms with Crippen LogP contribution in [0.4, 0.5) is 5.69 Å². The van der Waals surface area contributed by atoms with E-state index < -0.39 is 6.04 Å². The van der Waals surface area contributed by atoms with Crippen molar-refractivity contribution in [2.45, 2.75) is 19.4 Å². The molecule has 1 aromatic heterocycles. The Hall–Kier alpha value is -3.22. The van der Waals surface area contributed by atoms with Crippen molar-refractivity contribution in [3.8, 4) is 10.6 Å². The van der Waals surface area contributed by atoms with E-state index in [2.05, 4.69) is 10.6 Å². The van der Waals surface area contributed by atoms with Crippen LogP contribution in [0.5, 0.6) is 0 Å². The maximum Gasteiger partial charge on any atom is 0.226 e. The van der Waals surface area contributed by atoms with Crippen LogP contribution in [0, 0.1) is 0 Å². The van der Waals surface area contributed by atoms with Gasteiger partial charge in [0.1, 0.15) is 5.01 Å². The van der Waals surface area contributed by atoms with E-state index in [1.165, 1.54) is 6.92 Å². The highest BCUT2D eigenvalue weighted by Crippen LogP contribution is 2.34. The fourth-order valence-electron chi connectivity index (χ4n) is 3.35. The Morgan fingerprint density at radius 3 is 2.45 bits per heavy atom. The van der Waals surface area contributed by atoms with Gasteiger partial charge in [-0.25, -0.2) is 4.98 Å². The molecule has 2 N–H and O–H groups in total. The third kappa shape index (κ3) is 5.10. The quantitative estimate of drug-likeness (QED) is 0.389. The first kappa shape index (κ1) is 21.0. The number of hydrogen-bond donors (Lipinski definition) is 2. The Balaban J connectivity index is 1.56. The summed E-state index contributed by atoms with van der Waals surface area (Å²) in [6.07, 6.45) is 0.0927. The summed E-state index contributed by atoms with van der Waals surface area (Å²) in [5.41, 5.74) is 3.29. The van der Waals surface area contributed by atoms with Gasteiger partial charge in [0.25, 0.3) is 0 Å². The zero-order chi connectivity index (χ0) is 21.8. The van der Waals surface area contributed by atoms with Crippen LogP contribution in [-0.2, 0) is 9.59 Å². The fraction of sp³-hybridized carbons (Fsp3) is 0.125. The van der Waals surface area contributed by atoms with Gasteiger partial charge in [0, 0.05) is 17.5 Å². The first-order chi connectivity index (χ1) is 15.0. The third-order valence-corrected chi connectivity index (χ3v) is 6.09. The highest BCUT2D eigenvalue weighted by molar-refractivity contribution is 7.21. The molecule has 1 atom stereocenters. The molecule has 2 amide bonds. The van der Waals surface area contributed by atoms with Crippen molar-refractivity contribution in [3.05, 3.63) is 83.4 Å². The Kier molecular flexibility index (Phi) is 6.30. The van der Waals surface area contributed by atoms with Gasteiger partial charge >= 0.3 is 0 Å². The predicted octanol–water partition coefficient (Wildman–Crippen LogP) is 5.82. The number of benzene rings is 3. The molecule has 4 rings (SSSR count). The molecule has 0 aliphatic rings. The summed E-state index contributed by atoms with van der Waals surface area (Å²) < 4.78 is 1.09. The number of carbonyl (C=O) groups is 2. The van der Waals surface area contributed by atoms with Gasteiger partial charge in [-0.05, 0) is 42.0 Å². The van der Waals surface area contributed by atoms with E-state index in [4.69, 9.17) is 16.6 Å². The second kappa shape index (κ2) is 9.29. The Morgan fingerprint density at radius 2 is 1.71 bits per heavy atom. The molecule has 156 valence electrons. The first-order valence-electron chi connectivity index (χ1n) is 9.77. The maximum absolute atomic E-state index is 12.9. The molecule has 4 aromatic rings. The molecule has 0 saturated carbocycles. The van der Waals surface area contributed by atoms with Crippen molar-refractivity contribution >= 4 is 50.7 Å². The zero-order valence-corrected chi connectivity index (χ0v) is 18.3. The number of nitrogens with one attached hydrogen (secondary N) is 2. The van der Waals surface area contributed by atoms with E-state index in [9.17, 15) is 9.59 Å². The van der Waals surface area contributed by atoms with Crippen LogP contribution in [0.1, 0.15) is 24.9 Å². The van der Waals surface area contributed by atoms with E-state index in [1.807, 2.05) is 60.7 Å². The van der Waals surface area contributed by atoms with E-state index in [1.54, 1.807) is 23.5 Å². The second-order valence-corrected chi connectivity index (χ2v) is 8.56. The van der Waals surface area contributed by atoms with Gasteiger partial charge in [-0.3, -0.25) is 9.59 Å². The van der Waals surface area contributed by atoms with Crippen molar-refractivity contribution < 1.29 is 9.59 Å². The van der Waals surface area contributed by atoms with Crippen molar-refractivity contribution in [1.82, 2.24) is 10.3 Å². The molecule has 0 bridgehead atoms. The molecule has 0 aliphatic heterocycles. The molecule has 7 heteroatoms. The lowest BCUT2D eigenvalue weighted by Gasteiger charge is -2.19. The van der Waals surface area contributed by atoms with E-state index in [0.717, 1.165) is 26.4 Å². The number of fused-ring (bicyclic) bond motifs is 1. The fourth-order valence-corrected chi connectivity index (χ4v) is 4.48. The molecule has 0 spiro atoms. The number of para-hydroxylation sites is 2. The number of aromatic nitrogens is 1. The summed E-state index contributed by atoms with van der Waals surface area (Å²) in [4.78, 5) is 29.3. The molecule has 0 radical (unpaired) electrons. The monoisotopic (exact) mass is 449 g/mol. The van der Waals surface area contributed by atoms with Crippen LogP contribution in [0.25, 0.3) is 20.8 Å². The number of rotatable bonds is 6. The van der Waals surface area contributed by atoms with Crippen LogP contribution in [0.2, 0.25) is 5.02 Å². The molecule has 0 fully saturated rings. The number of carbonyl (C=O) groups excluding carboxylic acids is 2. The zero-order valence-electron chi connectivity index (χ0n) is 16.8. The molecular formula is C24H20ClN3O2S. The van der Waals surface area contributed by atoms with E-state index >= 15 is 0 Å². The van der Waals surface area contributed by atoms with Crippen LogP contribution < -0.4 is 10.6 Å². The standard InChI is InChI=1S/C24H20ClN3O2S/c1-15(29)26-21(16-10-12-17(25)13-11-16)14-23(30)27-19-7-3-2-6-18(19)24-28-20-8-4-5-9-22(20)31-24/h2-13,21H,14H2,1H3,(H,26,29)(H,27,30). The topological polar surface area (TPSA) is 71.1 Å². The minimum absolute atomic E-state index is 0.0927. The van der Waals surface area contributed by atoms with Crippen molar-refractivity contribution in [2.24, 2.45) is 0 Å². The third-order valence-electron chi connectivity index (χ3n) is 4.76. The number of nitrogens with zero attached hydrogens (tertiary/aromatic N) is 1. The number of thiazole rings is 1. The SMILES string of the molecule is CC(=O)NC(CC(=O)Nc1ccccc1-c1nc2ccccc2s1)c1ccc(Cl)cc1. The van der Waals surface area contributed by atoms with Gasteiger partial charge in [0.05, 0.1) is 28.4 Å². The number of halogens is 1. The average molecular weight is 450 g/mol. The van der Waals surface area contributed by atoms with Crippen LogP contribution in [0.15, 0.2) is 72.8 Å². The largest absolute Gasteiger partial charge is 0.349 e. The van der Waals surface area contributed by atoms with Crippen molar-refractivity contribution in [2.75, 3.05) is 5.32 Å². The van der Waals surface area contributed by atoms with Gasteiger partial charge in [-0.2, -0.15) is 0 Å². The molecule has 1 heterocycles. The van der Waals surface area contributed by atoms with Gasteiger partial charge in [-0.15, -0.1) is 11.3 Å². The lowest BCUT2D eigenvalue weighted by atomic mass is 10.0. The van der Waals surface area contributed by atoms with Crippen LogP contribution in [0.3, 0.4) is 0 Å². The van der Waals surface area contributed by atoms with Crippen molar-refractivity contribution in [1.29, 1.82) is 0 Å². The number of amides is 2. The van der Waals surface area contributed by atoms with E-state index in [-0.39, 0.29) is 18.2 Å². The first-order valence-corrected chi connectivity index (χ1v) is 11.0. The summed E-state index contributed by atoms with van der Waals surface area (Å²) in [6.45, 7) is 1.43. The lowest BCUT2D eigenvalue weighted by molar-refractivity contribution is -0.120. The van der Waals surface area contributed by atoms with Gasteiger partial charge in [0.15, 0.2) is 0 Å². The molecule has 3 aromatic carbocycles. The van der Waals surface area contributed by atoms with Crippen LogP contribution in [-0.4, -0.2) is 16.8 Å². The Labute approximate surface area is 189 Å².